The Bertz CT molecular complexity index is 2840. The maximum atomic E-state index is 14.8. The lowest BCUT2D eigenvalue weighted by atomic mass is 10.0. The summed E-state index contributed by atoms with van der Waals surface area (Å²) in [6, 6.07) is 11.8. The number of fused-ring (bicyclic) bond motifs is 2. The number of imidazole rings is 1. The number of aromatic amines is 2. The van der Waals surface area contributed by atoms with Crippen LogP contribution in [-0.4, -0.2) is 123 Å². The van der Waals surface area contributed by atoms with E-state index in [1.807, 2.05) is 24.3 Å². The van der Waals surface area contributed by atoms with Gasteiger partial charge in [-0.25, -0.2) is 4.98 Å². The number of para-hydroxylation sites is 1. The van der Waals surface area contributed by atoms with Gasteiger partial charge in [0.1, 0.15) is 36.3 Å². The van der Waals surface area contributed by atoms with Crippen molar-refractivity contribution in [3.05, 3.63) is 124 Å². The predicted molar refractivity (Wildman–Crippen MR) is 283 cm³/mol. The number of H-pyrrole nitrogens is 2. The van der Waals surface area contributed by atoms with Crippen LogP contribution in [0.15, 0.2) is 96.5 Å². The number of anilines is 1. The Labute approximate surface area is 437 Å². The summed E-state index contributed by atoms with van der Waals surface area (Å²) in [6.07, 6.45) is 6.07. The lowest BCUT2D eigenvalue weighted by molar-refractivity contribution is -0.384. The van der Waals surface area contributed by atoms with Crippen molar-refractivity contribution in [2.45, 2.75) is 107 Å². The summed E-state index contributed by atoms with van der Waals surface area (Å²) in [5.74, 6) is -5.80. The van der Waals surface area contributed by atoms with E-state index in [4.69, 9.17) is 22.9 Å². The number of aromatic nitrogens is 3. The molecule has 0 spiro atoms. The highest BCUT2D eigenvalue weighted by Gasteiger charge is 2.35. The van der Waals surface area contributed by atoms with Crippen LogP contribution in [0.4, 0.5) is 11.4 Å². The highest BCUT2D eigenvalue weighted by Crippen LogP contribution is 2.24. The lowest BCUT2D eigenvalue weighted by Gasteiger charge is -2.28. The van der Waals surface area contributed by atoms with Crippen LogP contribution in [0.1, 0.15) is 78.5 Å². The number of benzene rings is 3. The Morgan fingerprint density at radius 3 is 2.16 bits per heavy atom. The van der Waals surface area contributed by atoms with Gasteiger partial charge in [-0.3, -0.25) is 48.7 Å². The first-order valence-electron chi connectivity index (χ1n) is 25.1. The van der Waals surface area contributed by atoms with Gasteiger partial charge in [0.15, 0.2) is 5.96 Å². The lowest BCUT2D eigenvalue weighted by Crippen LogP contribution is -2.60. The Morgan fingerprint density at radius 1 is 0.776 bits per heavy atom. The number of non-ortho nitro benzene ring substituents is 1. The molecule has 0 aliphatic carbocycles. The van der Waals surface area contributed by atoms with Crippen LogP contribution in [0.2, 0.25) is 0 Å². The molecule has 0 bridgehead atoms. The van der Waals surface area contributed by atoms with Crippen LogP contribution in [0, 0.1) is 10.1 Å². The molecule has 1 aliphatic heterocycles. The number of aliphatic imine (C=N–C) groups is 1. The topological polar surface area (TPSA) is 408 Å². The molecule has 1 aliphatic rings. The molecule has 25 heteroatoms. The van der Waals surface area contributed by atoms with Gasteiger partial charge in [-0.1, -0.05) is 48.5 Å². The van der Waals surface area contributed by atoms with Crippen LogP contribution in [0.5, 0.6) is 0 Å². The van der Waals surface area contributed by atoms with Crippen molar-refractivity contribution in [1.82, 2.24) is 46.9 Å². The number of rotatable bonds is 18. The minimum absolute atomic E-state index is 0.00552. The Morgan fingerprint density at radius 2 is 1.46 bits per heavy atom. The molecule has 0 saturated carbocycles. The molecule has 0 fully saturated rings. The molecule has 0 unspecified atom stereocenters. The van der Waals surface area contributed by atoms with Crippen LogP contribution in [-0.2, 0) is 48.0 Å². The van der Waals surface area contributed by atoms with Gasteiger partial charge in [-0.2, -0.15) is 0 Å². The van der Waals surface area contributed by atoms with Crippen LogP contribution >= 0.6 is 0 Å². The molecule has 6 rings (SSSR count). The largest absolute Gasteiger partial charge is 0.384 e. The second-order valence-electron chi connectivity index (χ2n) is 18.4. The molecule has 76 heavy (non-hydrogen) atoms. The fraction of sp³-hybridized carbons (Fsp3) is 0.392. The molecule has 404 valence electrons. The third-order valence-electron chi connectivity index (χ3n) is 12.8. The summed E-state index contributed by atoms with van der Waals surface area (Å²) < 4.78 is 0. The first kappa shape index (κ1) is 56.4. The molecule has 7 amide bonds. The Hall–Kier alpha value is -8.87. The normalized spacial score (nSPS) is 19.6. The molecular formula is C51H66N16O9. The van der Waals surface area contributed by atoms with Crippen molar-refractivity contribution in [3.63, 3.8) is 0 Å². The molecule has 0 radical (unpaired) electrons. The minimum atomic E-state index is -1.40. The average Bonchev–Trinajstić information content (AvgIpc) is 4.08. The van der Waals surface area contributed by atoms with E-state index in [0.717, 1.165) is 17.0 Å². The maximum absolute atomic E-state index is 14.8. The Kier molecular flexibility index (Phi) is 20.8. The van der Waals surface area contributed by atoms with Gasteiger partial charge in [0.2, 0.25) is 35.4 Å². The number of hydrogen-bond acceptors (Lipinski definition) is 13. The standard InChI is InChI=1S/C51H66N16O9/c52-20-8-6-15-38(44(53)68)61-46(70)39-16-7-9-21-57-37-19-18-33(67(75)76)26-35(37)45(69)64-43(25-32-28-56-29-60-32)50(74)65-41(23-30-11-2-1-3-12-30)48(72)63-40(17-10-22-58-51(54)55)47(71)66-42(49(73)62-39)24-31-27-59-36-14-5-4-13-34(31)36/h1-5,11-14,18-19,26-29,38-43,57,59H,6-10,15-17,20-25,52H2,(H2,53,68)(H,56,60)(H,61,70)(H,62,73)(H,63,72)(H,64,69)(H,65,74)(H,66,71)(H4,54,55,58)/t38-,39-,40-,41+,42-,43-/m0/s1. The predicted octanol–water partition coefficient (Wildman–Crippen LogP) is 0.313. The molecule has 0 saturated heterocycles. The molecule has 6 atom stereocenters. The van der Waals surface area contributed by atoms with E-state index < -0.39 is 88.2 Å². The first-order valence-corrected chi connectivity index (χ1v) is 25.1. The van der Waals surface area contributed by atoms with E-state index in [0.29, 0.717) is 42.6 Å². The number of unbranched alkanes of at least 4 members (excludes halogenated alkanes) is 1. The number of nitrogens with two attached hydrogens (primary N) is 4. The molecule has 2 aromatic heterocycles. The number of nitrogens with one attached hydrogen (secondary N) is 9. The highest BCUT2D eigenvalue weighted by atomic mass is 16.6. The summed E-state index contributed by atoms with van der Waals surface area (Å²) in [6.45, 7) is 0.554. The van der Waals surface area contributed by atoms with Crippen molar-refractivity contribution in [1.29, 1.82) is 0 Å². The summed E-state index contributed by atoms with van der Waals surface area (Å²) in [5.41, 5.74) is 24.6. The van der Waals surface area contributed by atoms with E-state index in [-0.39, 0.29) is 81.7 Å². The van der Waals surface area contributed by atoms with E-state index in [2.05, 4.69) is 57.2 Å². The number of nitrogens with zero attached hydrogens (tertiary/aromatic N) is 3. The number of carbonyl (C=O) groups excluding carboxylic acids is 7. The van der Waals surface area contributed by atoms with Gasteiger partial charge in [0.25, 0.3) is 11.6 Å². The summed E-state index contributed by atoms with van der Waals surface area (Å²) in [5, 5.41) is 32.5. The quantitative estimate of drug-likeness (QED) is 0.0185. The van der Waals surface area contributed by atoms with Gasteiger partial charge < -0.3 is 70.1 Å². The SMILES string of the molecule is NCCCC[C@H](NC(=O)[C@@H]1CCCCNc2ccc([N+](=O)[O-])cc2C(=O)N[C@@H](Cc2cnc[nH]2)C(=O)N[C@H](Cc2ccccc2)C(=O)N[C@@H](CCCN=C(N)N)C(=O)N[C@@H](Cc2c[nH]c3ccccc23)C(=O)N1)C(N)=O. The van der Waals surface area contributed by atoms with E-state index in [1.165, 1.54) is 24.7 Å². The summed E-state index contributed by atoms with van der Waals surface area (Å²) >= 11 is 0. The monoisotopic (exact) mass is 1050 g/mol. The molecule has 25 nitrogen and oxygen atoms in total. The minimum Gasteiger partial charge on any atom is -0.384 e. The van der Waals surface area contributed by atoms with E-state index in [1.54, 1.807) is 36.5 Å². The van der Waals surface area contributed by atoms with Crippen molar-refractivity contribution in [2.24, 2.45) is 27.9 Å². The third-order valence-corrected chi connectivity index (χ3v) is 12.8. The van der Waals surface area contributed by atoms with Gasteiger partial charge in [-0.05, 0) is 81.2 Å². The van der Waals surface area contributed by atoms with Crippen LogP contribution in [0.25, 0.3) is 10.9 Å². The number of primary amides is 1. The molecule has 5 aromatic rings. The van der Waals surface area contributed by atoms with Crippen molar-refractivity contribution in [2.75, 3.05) is 25.0 Å². The second-order valence-corrected chi connectivity index (χ2v) is 18.4. The summed E-state index contributed by atoms with van der Waals surface area (Å²) in [4.78, 5) is 125. The van der Waals surface area contributed by atoms with Crippen molar-refractivity contribution >= 4 is 69.6 Å². The first-order chi connectivity index (χ1) is 36.6. The van der Waals surface area contributed by atoms with Crippen LogP contribution in [0.3, 0.4) is 0 Å². The summed E-state index contributed by atoms with van der Waals surface area (Å²) in [7, 11) is 0. The van der Waals surface area contributed by atoms with Gasteiger partial charge in [0, 0.05) is 79.2 Å². The number of carbonyl (C=O) groups is 7. The Balaban J connectivity index is 1.43. The van der Waals surface area contributed by atoms with E-state index >= 15 is 0 Å². The number of guanidine groups is 1. The van der Waals surface area contributed by atoms with E-state index in [9.17, 15) is 43.7 Å². The van der Waals surface area contributed by atoms with Crippen molar-refractivity contribution in [3.8, 4) is 0 Å². The fourth-order valence-corrected chi connectivity index (χ4v) is 8.72. The molecule has 17 N–H and O–H groups in total. The number of nitro groups is 1. The van der Waals surface area contributed by atoms with Gasteiger partial charge >= 0.3 is 0 Å². The van der Waals surface area contributed by atoms with Gasteiger partial charge in [0.05, 0.1) is 16.8 Å². The zero-order valence-corrected chi connectivity index (χ0v) is 41.8. The second kappa shape index (κ2) is 28.0. The van der Waals surface area contributed by atoms with Gasteiger partial charge in [-0.15, -0.1) is 0 Å². The maximum Gasteiger partial charge on any atom is 0.270 e. The smallest absolute Gasteiger partial charge is 0.270 e. The zero-order valence-electron chi connectivity index (χ0n) is 41.8. The number of nitro benzene ring substituents is 1. The number of hydrogen-bond donors (Lipinski definition) is 13. The number of amides is 7. The van der Waals surface area contributed by atoms with Crippen LogP contribution < -0.4 is 60.2 Å². The molecule has 3 aromatic carbocycles. The zero-order chi connectivity index (χ0) is 54.6. The highest BCUT2D eigenvalue weighted by molar-refractivity contribution is 6.03. The fourth-order valence-electron chi connectivity index (χ4n) is 8.72. The molecular weight excluding hydrogens is 981 g/mol. The van der Waals surface area contributed by atoms with Crippen molar-refractivity contribution < 1.29 is 38.5 Å². The molecule has 3 heterocycles. The average molecular weight is 1050 g/mol. The third kappa shape index (κ3) is 16.6.